The molecular formula is C12H15BrO5. The number of benzene rings is 1. The van der Waals surface area contributed by atoms with E-state index >= 15 is 0 Å². The average molecular weight is 319 g/mol. The quantitative estimate of drug-likeness (QED) is 0.682. The summed E-state index contributed by atoms with van der Waals surface area (Å²) in [7, 11) is 2.86. The molecule has 0 saturated carbocycles. The standard InChI is InChI=1S/C12H15BrO5/c1-6-8(12(15)18-5-16-3)11(17-4)7(2)10(14)9(6)13/h14H,5H2,1-4H3. The van der Waals surface area contributed by atoms with Gasteiger partial charge >= 0.3 is 5.97 Å². The maximum absolute atomic E-state index is 11.9. The van der Waals surface area contributed by atoms with Crippen LogP contribution in [-0.4, -0.2) is 32.1 Å². The number of phenols is 1. The first kappa shape index (κ1) is 14.8. The summed E-state index contributed by atoms with van der Waals surface area (Å²) < 4.78 is 15.2. The molecule has 6 heteroatoms. The fourth-order valence-electron chi connectivity index (χ4n) is 1.60. The van der Waals surface area contributed by atoms with E-state index in [9.17, 15) is 9.90 Å². The minimum absolute atomic E-state index is 0.0487. The van der Waals surface area contributed by atoms with Crippen molar-refractivity contribution in [2.75, 3.05) is 21.0 Å². The van der Waals surface area contributed by atoms with Crippen LogP contribution in [-0.2, 0) is 9.47 Å². The van der Waals surface area contributed by atoms with E-state index in [2.05, 4.69) is 20.7 Å². The summed E-state index contributed by atoms with van der Waals surface area (Å²) in [5.74, 6) is -0.211. The van der Waals surface area contributed by atoms with Gasteiger partial charge in [0.15, 0.2) is 6.79 Å². The smallest absolute Gasteiger partial charge is 0.344 e. The van der Waals surface area contributed by atoms with Crippen molar-refractivity contribution in [1.82, 2.24) is 0 Å². The molecule has 0 aliphatic carbocycles. The van der Waals surface area contributed by atoms with Crippen molar-refractivity contribution in [3.63, 3.8) is 0 Å². The summed E-state index contributed by atoms with van der Waals surface area (Å²) in [6, 6.07) is 0. The van der Waals surface area contributed by atoms with E-state index in [0.717, 1.165) is 0 Å². The second-order valence-corrected chi connectivity index (χ2v) is 4.45. The van der Waals surface area contributed by atoms with Crippen molar-refractivity contribution in [2.45, 2.75) is 13.8 Å². The zero-order chi connectivity index (χ0) is 13.9. The van der Waals surface area contributed by atoms with Crippen LogP contribution in [0.3, 0.4) is 0 Å². The number of carbonyl (C=O) groups is 1. The molecule has 18 heavy (non-hydrogen) atoms. The third-order valence-electron chi connectivity index (χ3n) is 2.55. The number of methoxy groups -OCH3 is 2. The summed E-state index contributed by atoms with van der Waals surface area (Å²) >= 11 is 3.24. The minimum atomic E-state index is -0.560. The van der Waals surface area contributed by atoms with Crippen molar-refractivity contribution in [3.8, 4) is 11.5 Å². The Labute approximate surface area is 114 Å². The molecule has 0 atom stereocenters. The van der Waals surface area contributed by atoms with E-state index in [1.54, 1.807) is 13.8 Å². The third kappa shape index (κ3) is 2.59. The number of rotatable bonds is 4. The predicted molar refractivity (Wildman–Crippen MR) is 69.1 cm³/mol. The van der Waals surface area contributed by atoms with Crippen molar-refractivity contribution in [1.29, 1.82) is 0 Å². The number of hydrogen-bond donors (Lipinski definition) is 1. The summed E-state index contributed by atoms with van der Waals surface area (Å²) in [6.07, 6.45) is 0. The van der Waals surface area contributed by atoms with E-state index in [1.165, 1.54) is 14.2 Å². The SMILES string of the molecule is COCOC(=O)c1c(C)c(Br)c(O)c(C)c1OC. The van der Waals surface area contributed by atoms with Crippen molar-refractivity contribution < 1.29 is 24.1 Å². The third-order valence-corrected chi connectivity index (χ3v) is 3.52. The Balaban J connectivity index is 3.37. The molecule has 100 valence electrons. The number of esters is 1. The molecule has 1 rings (SSSR count). The van der Waals surface area contributed by atoms with Gasteiger partial charge in [-0.2, -0.15) is 0 Å². The summed E-state index contributed by atoms with van der Waals surface area (Å²) in [6.45, 7) is 3.21. The zero-order valence-corrected chi connectivity index (χ0v) is 12.3. The zero-order valence-electron chi connectivity index (χ0n) is 10.7. The highest BCUT2D eigenvalue weighted by molar-refractivity contribution is 9.10. The Morgan fingerprint density at radius 1 is 1.28 bits per heavy atom. The van der Waals surface area contributed by atoms with E-state index in [4.69, 9.17) is 9.47 Å². The van der Waals surface area contributed by atoms with Gasteiger partial charge in [0, 0.05) is 12.7 Å². The van der Waals surface area contributed by atoms with Crippen LogP contribution in [0.5, 0.6) is 11.5 Å². The molecule has 0 fully saturated rings. The molecule has 0 radical (unpaired) electrons. The highest BCUT2D eigenvalue weighted by Crippen LogP contribution is 2.40. The molecule has 0 unspecified atom stereocenters. The summed E-state index contributed by atoms with van der Waals surface area (Å²) in [5, 5.41) is 9.88. The van der Waals surface area contributed by atoms with Gasteiger partial charge in [0.2, 0.25) is 0 Å². The molecule has 0 saturated heterocycles. The molecule has 5 nitrogen and oxygen atoms in total. The van der Waals surface area contributed by atoms with Gasteiger partial charge in [0.05, 0.1) is 11.6 Å². The molecule has 0 bridgehead atoms. The Kier molecular flexibility index (Phi) is 4.98. The fraction of sp³-hybridized carbons (Fsp3) is 0.417. The van der Waals surface area contributed by atoms with Crippen molar-refractivity contribution in [2.24, 2.45) is 0 Å². The van der Waals surface area contributed by atoms with Gasteiger partial charge in [-0.25, -0.2) is 4.79 Å². The van der Waals surface area contributed by atoms with Gasteiger partial charge in [-0.1, -0.05) is 0 Å². The number of ether oxygens (including phenoxy) is 3. The Hall–Kier alpha value is -1.27. The van der Waals surface area contributed by atoms with E-state index in [-0.39, 0.29) is 18.1 Å². The molecule has 0 aromatic heterocycles. The lowest BCUT2D eigenvalue weighted by Gasteiger charge is -2.16. The normalized spacial score (nSPS) is 10.3. The number of phenolic OH excluding ortho intramolecular Hbond substituents is 1. The number of halogens is 1. The number of carbonyl (C=O) groups excluding carboxylic acids is 1. The fourth-order valence-corrected chi connectivity index (χ4v) is 2.10. The average Bonchev–Trinajstić information content (AvgIpc) is 2.37. The first-order valence-electron chi connectivity index (χ1n) is 5.17. The molecule has 1 aromatic carbocycles. The lowest BCUT2D eigenvalue weighted by atomic mass is 10.0. The highest BCUT2D eigenvalue weighted by atomic mass is 79.9. The molecule has 0 aliphatic heterocycles. The molecule has 1 N–H and O–H groups in total. The van der Waals surface area contributed by atoms with Gasteiger partial charge in [-0.05, 0) is 35.3 Å². The van der Waals surface area contributed by atoms with Crippen LogP contribution in [0, 0.1) is 13.8 Å². The molecule has 0 aliphatic rings. The molecule has 1 aromatic rings. The van der Waals surface area contributed by atoms with Gasteiger partial charge in [0.25, 0.3) is 0 Å². The van der Waals surface area contributed by atoms with Gasteiger partial charge in [-0.15, -0.1) is 0 Å². The van der Waals surface area contributed by atoms with Gasteiger partial charge in [0.1, 0.15) is 17.1 Å². The maximum Gasteiger partial charge on any atom is 0.344 e. The molecular weight excluding hydrogens is 304 g/mol. The van der Waals surface area contributed by atoms with Gasteiger partial charge < -0.3 is 19.3 Å². The van der Waals surface area contributed by atoms with Crippen LogP contribution in [0.1, 0.15) is 21.5 Å². The Bertz CT molecular complexity index is 470. The van der Waals surface area contributed by atoms with Crippen LogP contribution in [0.15, 0.2) is 4.47 Å². The van der Waals surface area contributed by atoms with Crippen LogP contribution in [0.2, 0.25) is 0 Å². The monoisotopic (exact) mass is 318 g/mol. The van der Waals surface area contributed by atoms with Crippen LogP contribution in [0.25, 0.3) is 0 Å². The minimum Gasteiger partial charge on any atom is -0.506 e. The topological polar surface area (TPSA) is 65.0 Å². The second-order valence-electron chi connectivity index (χ2n) is 3.66. The first-order chi connectivity index (χ1) is 8.45. The highest BCUT2D eigenvalue weighted by Gasteiger charge is 2.24. The van der Waals surface area contributed by atoms with E-state index < -0.39 is 5.97 Å². The first-order valence-corrected chi connectivity index (χ1v) is 5.96. The van der Waals surface area contributed by atoms with Crippen molar-refractivity contribution in [3.05, 3.63) is 21.2 Å². The maximum atomic E-state index is 11.9. The lowest BCUT2D eigenvalue weighted by molar-refractivity contribution is -0.0127. The Morgan fingerprint density at radius 3 is 2.39 bits per heavy atom. The van der Waals surface area contributed by atoms with Crippen LogP contribution >= 0.6 is 15.9 Å². The summed E-state index contributed by atoms with van der Waals surface area (Å²) in [5.41, 5.74) is 1.30. The lowest BCUT2D eigenvalue weighted by Crippen LogP contribution is -2.12. The second kappa shape index (κ2) is 6.06. The molecule has 0 spiro atoms. The summed E-state index contributed by atoms with van der Waals surface area (Å²) in [4.78, 5) is 11.9. The number of hydrogen-bond acceptors (Lipinski definition) is 5. The predicted octanol–water partition coefficient (Wildman–Crippen LogP) is 2.54. The molecule has 0 amide bonds. The Morgan fingerprint density at radius 2 is 1.89 bits per heavy atom. The molecule has 0 heterocycles. The van der Waals surface area contributed by atoms with E-state index in [1.807, 2.05) is 0 Å². The number of aromatic hydroxyl groups is 1. The van der Waals surface area contributed by atoms with E-state index in [0.29, 0.717) is 21.3 Å². The largest absolute Gasteiger partial charge is 0.506 e. The van der Waals surface area contributed by atoms with Gasteiger partial charge in [-0.3, -0.25) is 0 Å². The van der Waals surface area contributed by atoms with Crippen LogP contribution < -0.4 is 4.74 Å². The van der Waals surface area contributed by atoms with Crippen LogP contribution in [0.4, 0.5) is 0 Å². The van der Waals surface area contributed by atoms with Crippen molar-refractivity contribution >= 4 is 21.9 Å².